The van der Waals surface area contributed by atoms with E-state index in [4.69, 9.17) is 0 Å². The van der Waals surface area contributed by atoms with E-state index in [1.807, 2.05) is 18.2 Å². The van der Waals surface area contributed by atoms with Crippen LogP contribution in [0.25, 0.3) is 0 Å². The third-order valence-electron chi connectivity index (χ3n) is 5.20. The molecule has 0 heterocycles. The van der Waals surface area contributed by atoms with Crippen LogP contribution in [-0.4, -0.2) is 34.1 Å². The van der Waals surface area contributed by atoms with E-state index in [-0.39, 0.29) is 0 Å². The minimum absolute atomic E-state index is 1.17. The van der Waals surface area contributed by atoms with Crippen LogP contribution >= 0.6 is 0 Å². The van der Waals surface area contributed by atoms with Gasteiger partial charge in [0.2, 0.25) is 0 Å². The Balaban J connectivity index is 0.000000195. The Hall–Kier alpha value is -2.22. The van der Waals surface area contributed by atoms with E-state index in [0.717, 1.165) is 0 Å². The predicted molar refractivity (Wildman–Crippen MR) is 144 cm³/mol. The van der Waals surface area contributed by atoms with E-state index in [9.17, 15) is 0 Å². The monoisotopic (exact) mass is 584 g/mol. The van der Waals surface area contributed by atoms with Gasteiger partial charge in [-0.15, -0.1) is 0 Å². The Morgan fingerprint density at radius 1 is 0.531 bits per heavy atom. The molecule has 2 heteroatoms. The molecule has 0 aliphatic rings. The van der Waals surface area contributed by atoms with Crippen LogP contribution in [0.15, 0.2) is 121 Å². The molecule has 0 spiro atoms. The van der Waals surface area contributed by atoms with Gasteiger partial charge in [-0.3, -0.25) is 0 Å². The Morgan fingerprint density at radius 2 is 0.875 bits per heavy atom. The van der Waals surface area contributed by atoms with Crippen molar-refractivity contribution in [2.75, 3.05) is 0 Å². The fraction of sp³-hybridized carbons (Fsp3) is 0.133. The SMILES string of the molecule is C[CH2][Sn]([C]#Cc1ccccc1)[CH2]C.c1cc[c]([Ge]([c]2ccccc2)[c]2ccccc2)cc1. The van der Waals surface area contributed by atoms with Gasteiger partial charge in [-0.25, -0.2) is 0 Å². The van der Waals surface area contributed by atoms with Gasteiger partial charge in [0.05, 0.1) is 0 Å². The van der Waals surface area contributed by atoms with Crippen molar-refractivity contribution in [2.45, 2.75) is 22.7 Å². The van der Waals surface area contributed by atoms with Crippen LogP contribution in [0, 0.1) is 9.86 Å². The van der Waals surface area contributed by atoms with Gasteiger partial charge < -0.3 is 0 Å². The Bertz CT molecular complexity index is 986. The van der Waals surface area contributed by atoms with Gasteiger partial charge in [0, 0.05) is 0 Å². The topological polar surface area (TPSA) is 0 Å². The Labute approximate surface area is 205 Å². The molecule has 0 saturated heterocycles. The van der Waals surface area contributed by atoms with Crippen LogP contribution in [0.1, 0.15) is 19.4 Å². The van der Waals surface area contributed by atoms with Crippen LogP contribution in [0.5, 0.6) is 0 Å². The van der Waals surface area contributed by atoms with Crippen molar-refractivity contribution >= 4 is 47.3 Å². The average molecular weight is 582 g/mol. The zero-order chi connectivity index (χ0) is 22.4. The molecule has 0 saturated carbocycles. The standard InChI is InChI=1S/C18H15Ge.C8H5.2C2H5.Sn/c1-4-10-16(11-5-1)19(17-12-6-2-7-13-17)18-14-8-3-9-15-18;1-2-8-6-4-3-5-7-8;2*1-2;/h1-15H;3-7H;2*1H2,2H3;. The second kappa shape index (κ2) is 14.0. The van der Waals surface area contributed by atoms with E-state index in [1.165, 1.54) is 27.6 Å². The minimum atomic E-state index is -1.63. The molecular formula is C30H30GeSn. The van der Waals surface area contributed by atoms with Crippen LogP contribution < -0.4 is 13.2 Å². The van der Waals surface area contributed by atoms with Gasteiger partial charge in [-0.1, -0.05) is 0 Å². The van der Waals surface area contributed by atoms with Crippen molar-refractivity contribution in [1.29, 1.82) is 0 Å². The average Bonchev–Trinajstić information content (AvgIpc) is 2.88. The van der Waals surface area contributed by atoms with Gasteiger partial charge in [0.15, 0.2) is 0 Å². The van der Waals surface area contributed by atoms with Gasteiger partial charge in [-0.2, -0.15) is 0 Å². The van der Waals surface area contributed by atoms with Crippen LogP contribution in [0.2, 0.25) is 8.87 Å². The molecular weight excluding hydrogens is 552 g/mol. The normalized spacial score (nSPS) is 10.1. The second-order valence-electron chi connectivity index (χ2n) is 7.40. The molecule has 0 atom stereocenters. The molecule has 4 rings (SSSR count). The summed E-state index contributed by atoms with van der Waals surface area (Å²) < 4.78 is 10.7. The Kier molecular flexibility index (Phi) is 10.7. The van der Waals surface area contributed by atoms with E-state index >= 15 is 0 Å². The first kappa shape index (κ1) is 24.4. The van der Waals surface area contributed by atoms with Gasteiger partial charge >= 0.3 is 207 Å². The fourth-order valence-corrected chi connectivity index (χ4v) is 12.2. The number of hydrogen-bond donors (Lipinski definition) is 0. The summed E-state index contributed by atoms with van der Waals surface area (Å²) in [4.78, 5) is 0. The van der Waals surface area contributed by atoms with Crippen molar-refractivity contribution in [3.8, 4) is 9.86 Å². The molecule has 0 nitrogen and oxygen atoms in total. The summed E-state index contributed by atoms with van der Waals surface area (Å²) in [6.07, 6.45) is 0. The summed E-state index contributed by atoms with van der Waals surface area (Å²) >= 11 is -2.89. The van der Waals surface area contributed by atoms with Gasteiger partial charge in [0.25, 0.3) is 0 Å². The molecule has 0 unspecified atom stereocenters. The third kappa shape index (κ3) is 7.73. The molecule has 4 aromatic carbocycles. The molecule has 0 aliphatic carbocycles. The summed E-state index contributed by atoms with van der Waals surface area (Å²) in [5, 5.41) is 0. The maximum absolute atomic E-state index is 3.48. The van der Waals surface area contributed by atoms with Crippen molar-refractivity contribution < 1.29 is 0 Å². The van der Waals surface area contributed by atoms with Crippen LogP contribution in [0.4, 0.5) is 0 Å². The summed E-state index contributed by atoms with van der Waals surface area (Å²) in [5.74, 6) is 3.28. The van der Waals surface area contributed by atoms with Crippen molar-refractivity contribution in [3.05, 3.63) is 127 Å². The van der Waals surface area contributed by atoms with Crippen LogP contribution in [0.3, 0.4) is 0 Å². The van der Waals surface area contributed by atoms with E-state index in [1.54, 1.807) is 0 Å². The quantitative estimate of drug-likeness (QED) is 0.221. The molecule has 32 heavy (non-hydrogen) atoms. The molecule has 0 N–H and O–H groups in total. The molecule has 158 valence electrons. The zero-order valence-electron chi connectivity index (χ0n) is 19.0. The van der Waals surface area contributed by atoms with Crippen molar-refractivity contribution in [3.63, 3.8) is 0 Å². The Morgan fingerprint density at radius 3 is 1.22 bits per heavy atom. The summed E-state index contributed by atoms with van der Waals surface area (Å²) in [5.41, 5.74) is 1.17. The molecule has 0 amide bonds. The van der Waals surface area contributed by atoms with E-state index < -0.39 is 34.1 Å². The summed E-state index contributed by atoms with van der Waals surface area (Å²) in [6.45, 7) is 4.55. The molecule has 0 aliphatic heterocycles. The number of benzene rings is 4. The zero-order valence-corrected chi connectivity index (χ0v) is 23.9. The molecule has 0 fully saturated rings. The molecule has 2 radical (unpaired) electrons. The molecule has 0 bridgehead atoms. The van der Waals surface area contributed by atoms with Crippen molar-refractivity contribution in [1.82, 2.24) is 0 Å². The summed E-state index contributed by atoms with van der Waals surface area (Å²) in [6, 6.07) is 43.1. The summed E-state index contributed by atoms with van der Waals surface area (Å²) in [7, 11) is 0. The van der Waals surface area contributed by atoms with Gasteiger partial charge in [-0.05, 0) is 0 Å². The van der Waals surface area contributed by atoms with Gasteiger partial charge in [0.1, 0.15) is 0 Å². The van der Waals surface area contributed by atoms with Crippen molar-refractivity contribution in [2.24, 2.45) is 0 Å². The maximum atomic E-state index is 3.48. The van der Waals surface area contributed by atoms with E-state index in [0.29, 0.717) is 0 Å². The molecule has 4 aromatic rings. The first-order valence-corrected chi connectivity index (χ1v) is 19.9. The molecule has 0 aromatic heterocycles. The number of rotatable bonds is 5. The third-order valence-corrected chi connectivity index (χ3v) is 17.2. The first-order chi connectivity index (χ1) is 15.8. The fourth-order valence-electron chi connectivity index (χ4n) is 3.42. The first-order valence-electron chi connectivity index (χ1n) is 11.3. The van der Waals surface area contributed by atoms with E-state index in [2.05, 4.69) is 127 Å². The van der Waals surface area contributed by atoms with Crippen LogP contribution in [-0.2, 0) is 0 Å². The predicted octanol–water partition coefficient (Wildman–Crippen LogP) is 5.31. The second-order valence-corrected chi connectivity index (χ2v) is 20.8. The number of hydrogen-bond acceptors (Lipinski definition) is 0.